The third-order valence-electron chi connectivity index (χ3n) is 2.17. The first-order valence-electron chi connectivity index (χ1n) is 6.05. The molecule has 4 nitrogen and oxygen atoms in total. The van der Waals surface area contributed by atoms with E-state index in [0.717, 1.165) is 0 Å². The Morgan fingerprint density at radius 1 is 1.29 bits per heavy atom. The normalized spacial score (nSPS) is 12.5. The van der Waals surface area contributed by atoms with Gasteiger partial charge in [-0.3, -0.25) is 0 Å². The standard InChI is InChI=1S/C13H24O4/c1-10(2)13(15)17-8-5-6-12(14)7-9-16-11(3)4/h11-12,14H,1,5-9H2,2-4H3. The van der Waals surface area contributed by atoms with Crippen molar-refractivity contribution in [3.8, 4) is 0 Å². The Morgan fingerprint density at radius 3 is 2.47 bits per heavy atom. The topological polar surface area (TPSA) is 55.8 Å². The van der Waals surface area contributed by atoms with E-state index < -0.39 is 6.10 Å². The van der Waals surface area contributed by atoms with Gasteiger partial charge < -0.3 is 14.6 Å². The van der Waals surface area contributed by atoms with Gasteiger partial charge >= 0.3 is 5.97 Å². The highest BCUT2D eigenvalue weighted by atomic mass is 16.5. The van der Waals surface area contributed by atoms with Crippen LogP contribution in [0, 0.1) is 0 Å². The highest BCUT2D eigenvalue weighted by molar-refractivity contribution is 5.86. The fourth-order valence-corrected chi connectivity index (χ4v) is 1.19. The van der Waals surface area contributed by atoms with Crippen LogP contribution in [0.2, 0.25) is 0 Å². The second kappa shape index (κ2) is 9.19. The molecule has 0 rings (SSSR count). The van der Waals surface area contributed by atoms with E-state index in [-0.39, 0.29) is 12.1 Å². The molecule has 0 radical (unpaired) electrons. The van der Waals surface area contributed by atoms with Crippen LogP contribution in [-0.2, 0) is 14.3 Å². The zero-order valence-electron chi connectivity index (χ0n) is 11.1. The van der Waals surface area contributed by atoms with Gasteiger partial charge in [0.15, 0.2) is 0 Å². The highest BCUT2D eigenvalue weighted by Crippen LogP contribution is 2.04. The van der Waals surface area contributed by atoms with Crippen LogP contribution in [0.5, 0.6) is 0 Å². The van der Waals surface area contributed by atoms with Gasteiger partial charge in [0.05, 0.1) is 18.8 Å². The maximum atomic E-state index is 11.0. The van der Waals surface area contributed by atoms with Crippen molar-refractivity contribution in [2.45, 2.75) is 52.2 Å². The summed E-state index contributed by atoms with van der Waals surface area (Å²) >= 11 is 0. The zero-order chi connectivity index (χ0) is 13.3. The molecule has 1 atom stereocenters. The van der Waals surface area contributed by atoms with Crippen molar-refractivity contribution < 1.29 is 19.4 Å². The number of carbonyl (C=O) groups excluding carboxylic acids is 1. The highest BCUT2D eigenvalue weighted by Gasteiger charge is 2.06. The number of rotatable bonds is 9. The molecule has 0 fully saturated rings. The molecule has 0 spiro atoms. The second-order valence-corrected chi connectivity index (χ2v) is 4.42. The minimum atomic E-state index is -0.391. The Hall–Kier alpha value is -0.870. The van der Waals surface area contributed by atoms with Crippen LogP contribution in [-0.4, -0.2) is 36.5 Å². The molecule has 17 heavy (non-hydrogen) atoms. The third-order valence-corrected chi connectivity index (χ3v) is 2.17. The Kier molecular flexibility index (Phi) is 8.72. The van der Waals surface area contributed by atoms with E-state index in [0.29, 0.717) is 38.0 Å². The summed E-state index contributed by atoms with van der Waals surface area (Å²) in [4.78, 5) is 11.0. The third kappa shape index (κ3) is 10.0. The van der Waals surface area contributed by atoms with Gasteiger partial charge in [-0.2, -0.15) is 0 Å². The first-order chi connectivity index (χ1) is 7.93. The largest absolute Gasteiger partial charge is 0.462 e. The molecule has 0 aliphatic heterocycles. The Morgan fingerprint density at radius 2 is 1.94 bits per heavy atom. The lowest BCUT2D eigenvalue weighted by atomic mass is 10.1. The van der Waals surface area contributed by atoms with E-state index in [2.05, 4.69) is 6.58 Å². The summed E-state index contributed by atoms with van der Waals surface area (Å²) in [5.74, 6) is -0.373. The average Bonchev–Trinajstić information content (AvgIpc) is 2.23. The molecule has 0 aromatic rings. The molecule has 0 aromatic heterocycles. The molecule has 0 heterocycles. The van der Waals surface area contributed by atoms with Gasteiger partial charge in [0.1, 0.15) is 0 Å². The van der Waals surface area contributed by atoms with Crippen molar-refractivity contribution in [3.05, 3.63) is 12.2 Å². The predicted octanol–water partition coefficient (Wildman–Crippen LogP) is 2.06. The first kappa shape index (κ1) is 16.1. The van der Waals surface area contributed by atoms with Crippen molar-refractivity contribution in [1.29, 1.82) is 0 Å². The molecule has 0 bridgehead atoms. The molecule has 100 valence electrons. The molecule has 0 amide bonds. The molecule has 0 aromatic carbocycles. The lowest BCUT2D eigenvalue weighted by molar-refractivity contribution is -0.139. The van der Waals surface area contributed by atoms with Gasteiger partial charge in [0.25, 0.3) is 0 Å². The number of carbonyl (C=O) groups is 1. The smallest absolute Gasteiger partial charge is 0.333 e. The number of aliphatic hydroxyl groups is 1. The number of ether oxygens (including phenoxy) is 2. The van der Waals surface area contributed by atoms with E-state index in [1.807, 2.05) is 13.8 Å². The van der Waals surface area contributed by atoms with E-state index in [4.69, 9.17) is 9.47 Å². The van der Waals surface area contributed by atoms with Gasteiger partial charge in [0.2, 0.25) is 0 Å². The van der Waals surface area contributed by atoms with Crippen LogP contribution in [0.3, 0.4) is 0 Å². The summed E-state index contributed by atoms with van der Waals surface area (Å²) in [6.07, 6.45) is 1.69. The number of aliphatic hydroxyl groups excluding tert-OH is 1. The van der Waals surface area contributed by atoms with Gasteiger partial charge in [-0.05, 0) is 40.0 Å². The molecule has 1 N–H and O–H groups in total. The SMILES string of the molecule is C=C(C)C(=O)OCCCC(O)CCOC(C)C. The summed E-state index contributed by atoms with van der Waals surface area (Å²) in [6.45, 7) is 9.91. The van der Waals surface area contributed by atoms with Crippen LogP contribution >= 0.6 is 0 Å². The minimum absolute atomic E-state index is 0.193. The molecule has 0 aliphatic rings. The van der Waals surface area contributed by atoms with E-state index in [9.17, 15) is 9.90 Å². The second-order valence-electron chi connectivity index (χ2n) is 4.42. The van der Waals surface area contributed by atoms with Crippen LogP contribution in [0.1, 0.15) is 40.0 Å². The molecule has 1 unspecified atom stereocenters. The summed E-state index contributed by atoms with van der Waals surface area (Å²) in [5, 5.41) is 9.60. The van der Waals surface area contributed by atoms with E-state index in [1.54, 1.807) is 6.92 Å². The van der Waals surface area contributed by atoms with Crippen LogP contribution < -0.4 is 0 Å². The van der Waals surface area contributed by atoms with Crippen molar-refractivity contribution in [2.75, 3.05) is 13.2 Å². The number of hydrogen-bond donors (Lipinski definition) is 1. The van der Waals surface area contributed by atoms with Crippen molar-refractivity contribution >= 4 is 5.97 Å². The lowest BCUT2D eigenvalue weighted by Crippen LogP contribution is -2.14. The molecular weight excluding hydrogens is 220 g/mol. The Labute approximate surface area is 104 Å². The zero-order valence-corrected chi connectivity index (χ0v) is 11.1. The average molecular weight is 244 g/mol. The van der Waals surface area contributed by atoms with Crippen molar-refractivity contribution in [2.24, 2.45) is 0 Å². The minimum Gasteiger partial charge on any atom is -0.462 e. The summed E-state index contributed by atoms with van der Waals surface area (Å²) in [6, 6.07) is 0. The molecule has 0 saturated heterocycles. The van der Waals surface area contributed by atoms with Crippen LogP contribution in [0.15, 0.2) is 12.2 Å². The van der Waals surface area contributed by atoms with Crippen molar-refractivity contribution in [3.63, 3.8) is 0 Å². The summed E-state index contributed by atoms with van der Waals surface area (Å²) in [5.41, 5.74) is 0.399. The molecular formula is C13H24O4. The Balaban J connectivity index is 3.42. The molecule has 0 saturated carbocycles. The van der Waals surface area contributed by atoms with Crippen LogP contribution in [0.4, 0.5) is 0 Å². The number of hydrogen-bond acceptors (Lipinski definition) is 4. The quantitative estimate of drug-likeness (QED) is 0.383. The maximum absolute atomic E-state index is 11.0. The van der Waals surface area contributed by atoms with Gasteiger partial charge in [0, 0.05) is 12.2 Å². The predicted molar refractivity (Wildman–Crippen MR) is 66.7 cm³/mol. The van der Waals surface area contributed by atoms with E-state index in [1.165, 1.54) is 0 Å². The van der Waals surface area contributed by atoms with Gasteiger partial charge in [-0.15, -0.1) is 0 Å². The maximum Gasteiger partial charge on any atom is 0.333 e. The van der Waals surface area contributed by atoms with Gasteiger partial charge in [-0.1, -0.05) is 6.58 Å². The molecule has 0 aliphatic carbocycles. The summed E-state index contributed by atoms with van der Waals surface area (Å²) in [7, 11) is 0. The number of esters is 1. The lowest BCUT2D eigenvalue weighted by Gasteiger charge is -2.12. The Bertz CT molecular complexity index is 236. The van der Waals surface area contributed by atoms with E-state index >= 15 is 0 Å². The first-order valence-corrected chi connectivity index (χ1v) is 6.05. The molecule has 4 heteroatoms. The van der Waals surface area contributed by atoms with Crippen molar-refractivity contribution in [1.82, 2.24) is 0 Å². The monoisotopic (exact) mass is 244 g/mol. The fourth-order valence-electron chi connectivity index (χ4n) is 1.19. The summed E-state index contributed by atoms with van der Waals surface area (Å²) < 4.78 is 10.2. The van der Waals surface area contributed by atoms with Crippen LogP contribution in [0.25, 0.3) is 0 Å². The fraction of sp³-hybridized carbons (Fsp3) is 0.769. The van der Waals surface area contributed by atoms with Gasteiger partial charge in [-0.25, -0.2) is 4.79 Å².